The molecule has 0 aliphatic rings. The van der Waals surface area contributed by atoms with Gasteiger partial charge in [-0.15, -0.1) is 0 Å². The third-order valence-electron chi connectivity index (χ3n) is 2.97. The number of aryl methyl sites for hydroxylation is 2. The van der Waals surface area contributed by atoms with Crippen molar-refractivity contribution in [3.05, 3.63) is 68.9 Å². The maximum absolute atomic E-state index is 13.6. The van der Waals surface area contributed by atoms with E-state index in [1.807, 2.05) is 26.0 Å². The maximum atomic E-state index is 13.6. The van der Waals surface area contributed by atoms with Crippen molar-refractivity contribution < 1.29 is 9.50 Å². The summed E-state index contributed by atoms with van der Waals surface area (Å²) in [4.78, 5) is 0. The van der Waals surface area contributed by atoms with Gasteiger partial charge < -0.3 is 5.11 Å². The van der Waals surface area contributed by atoms with Gasteiger partial charge in [-0.1, -0.05) is 46.3 Å². The molecule has 18 heavy (non-hydrogen) atoms. The van der Waals surface area contributed by atoms with Gasteiger partial charge in [0.1, 0.15) is 11.9 Å². The first-order valence-corrected chi connectivity index (χ1v) is 6.49. The van der Waals surface area contributed by atoms with Crippen molar-refractivity contribution in [2.75, 3.05) is 0 Å². The molecular weight excluding hydrogens is 295 g/mol. The Bertz CT molecular complexity index is 557. The standard InChI is InChI=1S/C15H14BrFO/c1-9-7-11(8-10(2)14(9)16)15(18)12-5-3-4-6-13(12)17/h3-8,15,18H,1-2H3. The molecule has 0 radical (unpaired) electrons. The summed E-state index contributed by atoms with van der Waals surface area (Å²) in [6, 6.07) is 10.0. The molecule has 0 heterocycles. The number of halogens is 2. The Morgan fingerprint density at radius 3 is 2.22 bits per heavy atom. The van der Waals surface area contributed by atoms with Gasteiger partial charge in [0, 0.05) is 10.0 Å². The highest BCUT2D eigenvalue weighted by Gasteiger charge is 2.16. The Morgan fingerprint density at radius 2 is 1.67 bits per heavy atom. The van der Waals surface area contributed by atoms with E-state index in [0.717, 1.165) is 15.6 Å². The van der Waals surface area contributed by atoms with E-state index in [9.17, 15) is 9.50 Å². The van der Waals surface area contributed by atoms with Crippen LogP contribution in [0.15, 0.2) is 40.9 Å². The first-order valence-electron chi connectivity index (χ1n) is 5.70. The van der Waals surface area contributed by atoms with Crippen LogP contribution in [0, 0.1) is 19.7 Å². The van der Waals surface area contributed by atoms with Crippen LogP contribution in [0.4, 0.5) is 4.39 Å². The molecule has 1 N–H and O–H groups in total. The highest BCUT2D eigenvalue weighted by molar-refractivity contribution is 9.10. The van der Waals surface area contributed by atoms with Gasteiger partial charge in [-0.2, -0.15) is 0 Å². The number of aliphatic hydroxyl groups is 1. The molecule has 0 fully saturated rings. The summed E-state index contributed by atoms with van der Waals surface area (Å²) in [6.07, 6.45) is -0.934. The minimum atomic E-state index is -0.934. The second-order valence-corrected chi connectivity index (χ2v) is 5.19. The molecule has 2 aromatic rings. The third-order valence-corrected chi connectivity index (χ3v) is 4.23. The molecule has 0 saturated heterocycles. The van der Waals surface area contributed by atoms with Crippen molar-refractivity contribution in [1.29, 1.82) is 0 Å². The van der Waals surface area contributed by atoms with Gasteiger partial charge in [-0.05, 0) is 36.6 Å². The number of hydrogen-bond acceptors (Lipinski definition) is 1. The molecule has 0 amide bonds. The van der Waals surface area contributed by atoms with E-state index in [1.165, 1.54) is 6.07 Å². The Labute approximate surface area is 114 Å². The molecule has 0 aromatic heterocycles. The lowest BCUT2D eigenvalue weighted by molar-refractivity contribution is 0.215. The Hall–Kier alpha value is -1.19. The van der Waals surface area contributed by atoms with E-state index in [4.69, 9.17) is 0 Å². The summed E-state index contributed by atoms with van der Waals surface area (Å²) in [5, 5.41) is 10.3. The zero-order valence-electron chi connectivity index (χ0n) is 10.2. The molecular formula is C15H14BrFO. The van der Waals surface area contributed by atoms with Gasteiger partial charge in [-0.3, -0.25) is 0 Å². The lowest BCUT2D eigenvalue weighted by Gasteiger charge is -2.15. The van der Waals surface area contributed by atoms with Crippen molar-refractivity contribution in [3.8, 4) is 0 Å². The smallest absolute Gasteiger partial charge is 0.129 e. The molecule has 1 atom stereocenters. The van der Waals surface area contributed by atoms with E-state index in [0.29, 0.717) is 11.1 Å². The van der Waals surface area contributed by atoms with Gasteiger partial charge in [0.15, 0.2) is 0 Å². The fourth-order valence-electron chi connectivity index (χ4n) is 2.01. The van der Waals surface area contributed by atoms with Crippen molar-refractivity contribution in [2.45, 2.75) is 20.0 Å². The van der Waals surface area contributed by atoms with E-state index in [2.05, 4.69) is 15.9 Å². The average Bonchev–Trinajstić information content (AvgIpc) is 2.35. The van der Waals surface area contributed by atoms with E-state index < -0.39 is 6.10 Å². The van der Waals surface area contributed by atoms with E-state index >= 15 is 0 Å². The fraction of sp³-hybridized carbons (Fsp3) is 0.200. The predicted molar refractivity (Wildman–Crippen MR) is 74.1 cm³/mol. The number of benzene rings is 2. The van der Waals surface area contributed by atoms with Crippen molar-refractivity contribution in [2.24, 2.45) is 0 Å². The molecule has 0 saturated carbocycles. The van der Waals surface area contributed by atoms with Crippen molar-refractivity contribution in [3.63, 3.8) is 0 Å². The molecule has 1 nitrogen and oxygen atoms in total. The number of hydrogen-bond donors (Lipinski definition) is 1. The Kier molecular flexibility index (Phi) is 3.83. The summed E-state index contributed by atoms with van der Waals surface area (Å²) in [7, 11) is 0. The van der Waals surface area contributed by atoms with Crippen molar-refractivity contribution >= 4 is 15.9 Å². The molecule has 2 aromatic carbocycles. The van der Waals surface area contributed by atoms with Gasteiger partial charge >= 0.3 is 0 Å². The molecule has 0 aliphatic heterocycles. The lowest BCUT2D eigenvalue weighted by Crippen LogP contribution is -2.03. The fourth-order valence-corrected chi connectivity index (χ4v) is 2.24. The van der Waals surface area contributed by atoms with Crippen LogP contribution in [0.2, 0.25) is 0 Å². The zero-order chi connectivity index (χ0) is 13.3. The first kappa shape index (κ1) is 13.2. The van der Waals surface area contributed by atoms with Gasteiger partial charge in [0.2, 0.25) is 0 Å². The average molecular weight is 309 g/mol. The molecule has 0 aliphatic carbocycles. The van der Waals surface area contributed by atoms with Crippen LogP contribution in [0.5, 0.6) is 0 Å². The SMILES string of the molecule is Cc1cc(C(O)c2ccccc2F)cc(C)c1Br. The van der Waals surface area contributed by atoms with Crippen LogP contribution in [0.3, 0.4) is 0 Å². The molecule has 0 bridgehead atoms. The molecule has 94 valence electrons. The summed E-state index contributed by atoms with van der Waals surface area (Å²) in [6.45, 7) is 3.91. The van der Waals surface area contributed by atoms with Crippen LogP contribution in [-0.2, 0) is 0 Å². The highest BCUT2D eigenvalue weighted by Crippen LogP contribution is 2.29. The Balaban J connectivity index is 2.47. The van der Waals surface area contributed by atoms with Gasteiger partial charge in [0.05, 0.1) is 0 Å². The quantitative estimate of drug-likeness (QED) is 0.877. The monoisotopic (exact) mass is 308 g/mol. The number of aliphatic hydroxyl groups excluding tert-OH is 1. The maximum Gasteiger partial charge on any atom is 0.129 e. The minimum Gasteiger partial charge on any atom is -0.384 e. The van der Waals surface area contributed by atoms with E-state index in [1.54, 1.807) is 18.2 Å². The predicted octanol–water partition coefficient (Wildman–Crippen LogP) is 4.29. The number of rotatable bonds is 2. The largest absolute Gasteiger partial charge is 0.384 e. The first-order chi connectivity index (χ1) is 8.50. The molecule has 0 spiro atoms. The van der Waals surface area contributed by atoms with Crippen LogP contribution >= 0.6 is 15.9 Å². The Morgan fingerprint density at radius 1 is 1.11 bits per heavy atom. The molecule has 1 unspecified atom stereocenters. The summed E-state index contributed by atoms with van der Waals surface area (Å²) in [5.74, 6) is -0.386. The van der Waals surface area contributed by atoms with Crippen molar-refractivity contribution in [1.82, 2.24) is 0 Å². The van der Waals surface area contributed by atoms with Crippen LogP contribution in [0.25, 0.3) is 0 Å². The van der Waals surface area contributed by atoms with Crippen LogP contribution < -0.4 is 0 Å². The second kappa shape index (κ2) is 5.21. The topological polar surface area (TPSA) is 20.2 Å². The summed E-state index contributed by atoms with van der Waals surface area (Å²) in [5.41, 5.74) is 3.07. The zero-order valence-corrected chi connectivity index (χ0v) is 11.8. The second-order valence-electron chi connectivity index (χ2n) is 4.39. The summed E-state index contributed by atoms with van der Waals surface area (Å²) < 4.78 is 14.7. The highest BCUT2D eigenvalue weighted by atomic mass is 79.9. The molecule has 3 heteroatoms. The van der Waals surface area contributed by atoms with E-state index in [-0.39, 0.29) is 5.82 Å². The van der Waals surface area contributed by atoms with Gasteiger partial charge in [0.25, 0.3) is 0 Å². The lowest BCUT2D eigenvalue weighted by atomic mass is 9.98. The molecule has 2 rings (SSSR count). The van der Waals surface area contributed by atoms with Gasteiger partial charge in [-0.25, -0.2) is 4.39 Å². The minimum absolute atomic E-state index is 0.304. The third kappa shape index (κ3) is 2.47. The van der Waals surface area contributed by atoms with Crippen LogP contribution in [0.1, 0.15) is 28.4 Å². The summed E-state index contributed by atoms with van der Waals surface area (Å²) >= 11 is 3.48. The normalized spacial score (nSPS) is 12.5. The van der Waals surface area contributed by atoms with Crippen LogP contribution in [-0.4, -0.2) is 5.11 Å².